The van der Waals surface area contributed by atoms with Crippen molar-refractivity contribution in [3.63, 3.8) is 0 Å². The van der Waals surface area contributed by atoms with E-state index in [9.17, 15) is 4.79 Å². The first-order chi connectivity index (χ1) is 12.2. The van der Waals surface area contributed by atoms with Gasteiger partial charge in [0, 0.05) is 30.7 Å². The summed E-state index contributed by atoms with van der Waals surface area (Å²) in [6.07, 6.45) is 4.80. The van der Waals surface area contributed by atoms with Gasteiger partial charge in [-0.2, -0.15) is 0 Å². The zero-order valence-corrected chi connectivity index (χ0v) is 14.8. The highest BCUT2D eigenvalue weighted by Crippen LogP contribution is 2.25. The number of rotatable bonds is 6. The van der Waals surface area contributed by atoms with E-state index in [0.29, 0.717) is 12.2 Å². The third kappa shape index (κ3) is 4.37. The first-order valence-corrected chi connectivity index (χ1v) is 8.88. The summed E-state index contributed by atoms with van der Waals surface area (Å²) in [7, 11) is 0. The van der Waals surface area contributed by atoms with Gasteiger partial charge in [-0.1, -0.05) is 25.1 Å². The number of hydrogen-bond donors (Lipinski definition) is 2. The van der Waals surface area contributed by atoms with Gasteiger partial charge in [-0.15, -0.1) is 0 Å². The second-order valence-corrected chi connectivity index (χ2v) is 6.36. The quantitative estimate of drug-likeness (QED) is 0.844. The second kappa shape index (κ2) is 8.12. The Bertz CT molecular complexity index is 739. The SMILES string of the molecule is CCc1cccc(C)c1Nc1ccnc(C(=O)NCC2CCCO2)c1. The number of ether oxygens (including phenoxy) is 1. The summed E-state index contributed by atoms with van der Waals surface area (Å²) in [4.78, 5) is 16.5. The highest BCUT2D eigenvalue weighted by Gasteiger charge is 2.17. The average Bonchev–Trinajstić information content (AvgIpc) is 3.15. The number of aryl methyl sites for hydroxylation is 2. The Labute approximate surface area is 148 Å². The van der Waals surface area contributed by atoms with Crippen LogP contribution < -0.4 is 10.6 Å². The summed E-state index contributed by atoms with van der Waals surface area (Å²) in [5, 5.41) is 6.35. The molecular weight excluding hydrogens is 314 g/mol. The molecule has 0 aliphatic carbocycles. The van der Waals surface area contributed by atoms with E-state index in [1.165, 1.54) is 11.1 Å². The molecule has 2 N–H and O–H groups in total. The minimum absolute atomic E-state index is 0.129. The molecule has 5 nitrogen and oxygen atoms in total. The molecule has 1 unspecified atom stereocenters. The third-order valence-corrected chi connectivity index (χ3v) is 4.52. The summed E-state index contributed by atoms with van der Waals surface area (Å²) in [6.45, 7) is 5.54. The minimum atomic E-state index is -0.167. The summed E-state index contributed by atoms with van der Waals surface area (Å²) in [6, 6.07) is 9.93. The normalized spacial score (nSPS) is 16.6. The van der Waals surface area contributed by atoms with Gasteiger partial charge < -0.3 is 15.4 Å². The molecule has 2 heterocycles. The lowest BCUT2D eigenvalue weighted by Crippen LogP contribution is -2.32. The monoisotopic (exact) mass is 339 g/mol. The molecule has 5 heteroatoms. The number of nitrogens with zero attached hydrogens (tertiary/aromatic N) is 1. The average molecular weight is 339 g/mol. The first-order valence-electron chi connectivity index (χ1n) is 8.88. The molecule has 2 aromatic rings. The fraction of sp³-hybridized carbons (Fsp3) is 0.400. The number of pyridine rings is 1. The second-order valence-electron chi connectivity index (χ2n) is 6.36. The Morgan fingerprint density at radius 3 is 3.00 bits per heavy atom. The lowest BCUT2D eigenvalue weighted by molar-refractivity contribution is 0.0854. The third-order valence-electron chi connectivity index (χ3n) is 4.52. The van der Waals surface area contributed by atoms with Crippen LogP contribution in [0.3, 0.4) is 0 Å². The number of anilines is 2. The van der Waals surface area contributed by atoms with Crippen molar-refractivity contribution in [3.05, 3.63) is 53.3 Å². The van der Waals surface area contributed by atoms with Crippen LogP contribution in [-0.4, -0.2) is 30.1 Å². The van der Waals surface area contributed by atoms with Crippen LogP contribution in [0.4, 0.5) is 11.4 Å². The standard InChI is InChI=1S/C20H25N3O2/c1-3-15-7-4-6-14(2)19(15)23-16-9-10-21-18(12-16)20(24)22-13-17-8-5-11-25-17/h4,6-7,9-10,12,17H,3,5,8,11,13H2,1-2H3,(H,21,23)(H,22,24). The number of amides is 1. The molecule has 3 rings (SSSR count). The van der Waals surface area contributed by atoms with Crippen LogP contribution in [0.5, 0.6) is 0 Å². The maximum absolute atomic E-state index is 12.3. The van der Waals surface area contributed by atoms with Crippen LogP contribution in [0.25, 0.3) is 0 Å². The molecule has 1 saturated heterocycles. The van der Waals surface area contributed by atoms with Crippen molar-refractivity contribution in [3.8, 4) is 0 Å². The summed E-state index contributed by atoms with van der Waals surface area (Å²) in [5.41, 5.74) is 4.81. The Hall–Kier alpha value is -2.40. The molecule has 1 aliphatic heterocycles. The number of hydrogen-bond acceptors (Lipinski definition) is 4. The zero-order chi connectivity index (χ0) is 17.6. The van der Waals surface area contributed by atoms with E-state index >= 15 is 0 Å². The van der Waals surface area contributed by atoms with Gasteiger partial charge in [0.05, 0.1) is 6.10 Å². The lowest BCUT2D eigenvalue weighted by Gasteiger charge is -2.15. The molecule has 0 bridgehead atoms. The van der Waals surface area contributed by atoms with Gasteiger partial charge in [0.2, 0.25) is 0 Å². The number of aromatic nitrogens is 1. The molecule has 25 heavy (non-hydrogen) atoms. The molecule has 1 fully saturated rings. The molecule has 132 valence electrons. The van der Waals surface area contributed by atoms with E-state index in [0.717, 1.165) is 37.2 Å². The van der Waals surface area contributed by atoms with Crippen molar-refractivity contribution in [1.82, 2.24) is 10.3 Å². The minimum Gasteiger partial charge on any atom is -0.376 e. The zero-order valence-electron chi connectivity index (χ0n) is 14.8. The molecular formula is C20H25N3O2. The molecule has 1 aromatic carbocycles. The Morgan fingerprint density at radius 1 is 1.36 bits per heavy atom. The van der Waals surface area contributed by atoms with Gasteiger partial charge in [-0.05, 0) is 49.4 Å². The van der Waals surface area contributed by atoms with Crippen molar-refractivity contribution < 1.29 is 9.53 Å². The van der Waals surface area contributed by atoms with E-state index in [1.54, 1.807) is 12.3 Å². The van der Waals surface area contributed by atoms with Crippen LogP contribution in [0.1, 0.15) is 41.4 Å². The van der Waals surface area contributed by atoms with E-state index in [-0.39, 0.29) is 12.0 Å². The molecule has 1 amide bonds. The van der Waals surface area contributed by atoms with Gasteiger partial charge in [-0.3, -0.25) is 9.78 Å². The summed E-state index contributed by atoms with van der Waals surface area (Å²) < 4.78 is 5.53. The number of carbonyl (C=O) groups is 1. The van der Waals surface area contributed by atoms with Crippen molar-refractivity contribution in [2.24, 2.45) is 0 Å². The van der Waals surface area contributed by atoms with Crippen LogP contribution in [0, 0.1) is 6.92 Å². The van der Waals surface area contributed by atoms with Crippen molar-refractivity contribution in [2.45, 2.75) is 39.2 Å². The number of para-hydroxylation sites is 1. The van der Waals surface area contributed by atoms with Gasteiger partial charge in [0.25, 0.3) is 5.91 Å². The topological polar surface area (TPSA) is 63.2 Å². The number of benzene rings is 1. The molecule has 0 saturated carbocycles. The predicted octanol–water partition coefficient (Wildman–Crippen LogP) is 3.60. The Kier molecular flexibility index (Phi) is 5.66. The summed E-state index contributed by atoms with van der Waals surface area (Å²) in [5.74, 6) is -0.167. The maximum Gasteiger partial charge on any atom is 0.270 e. The fourth-order valence-electron chi connectivity index (χ4n) is 3.08. The number of carbonyl (C=O) groups excluding carboxylic acids is 1. The van der Waals surface area contributed by atoms with Gasteiger partial charge in [0.1, 0.15) is 5.69 Å². The molecule has 0 spiro atoms. The van der Waals surface area contributed by atoms with Gasteiger partial charge >= 0.3 is 0 Å². The first kappa shape index (κ1) is 17.4. The van der Waals surface area contributed by atoms with Gasteiger partial charge in [-0.25, -0.2) is 0 Å². The van der Waals surface area contributed by atoms with Crippen LogP contribution in [-0.2, 0) is 11.2 Å². The predicted molar refractivity (Wildman–Crippen MR) is 99.4 cm³/mol. The van der Waals surface area contributed by atoms with Gasteiger partial charge in [0.15, 0.2) is 0 Å². The molecule has 1 atom stereocenters. The van der Waals surface area contributed by atoms with E-state index < -0.39 is 0 Å². The Morgan fingerprint density at radius 2 is 2.24 bits per heavy atom. The fourth-order valence-corrected chi connectivity index (χ4v) is 3.08. The molecule has 0 radical (unpaired) electrons. The molecule has 1 aromatic heterocycles. The van der Waals surface area contributed by atoms with Crippen molar-refractivity contribution >= 4 is 17.3 Å². The number of nitrogens with one attached hydrogen (secondary N) is 2. The Balaban J connectivity index is 1.70. The van der Waals surface area contributed by atoms with E-state index in [1.807, 2.05) is 6.07 Å². The van der Waals surface area contributed by atoms with Crippen LogP contribution >= 0.6 is 0 Å². The van der Waals surface area contributed by atoms with Crippen molar-refractivity contribution in [2.75, 3.05) is 18.5 Å². The highest BCUT2D eigenvalue weighted by molar-refractivity contribution is 5.93. The van der Waals surface area contributed by atoms with Crippen LogP contribution in [0.2, 0.25) is 0 Å². The van der Waals surface area contributed by atoms with E-state index in [2.05, 4.69) is 47.7 Å². The lowest BCUT2D eigenvalue weighted by atomic mass is 10.1. The van der Waals surface area contributed by atoms with E-state index in [4.69, 9.17) is 4.74 Å². The van der Waals surface area contributed by atoms with Crippen molar-refractivity contribution in [1.29, 1.82) is 0 Å². The molecule has 1 aliphatic rings. The smallest absolute Gasteiger partial charge is 0.270 e. The highest BCUT2D eigenvalue weighted by atomic mass is 16.5. The maximum atomic E-state index is 12.3. The largest absolute Gasteiger partial charge is 0.376 e. The van der Waals surface area contributed by atoms with Crippen LogP contribution in [0.15, 0.2) is 36.5 Å². The summed E-state index contributed by atoms with van der Waals surface area (Å²) >= 11 is 0.